The molecule has 2 aliphatic heterocycles. The van der Waals surface area contributed by atoms with Crippen LogP contribution in [0.15, 0.2) is 53.7 Å². The molecular weight excluding hydrogens is 400 g/mol. The number of nitrogens with zero attached hydrogens (tertiary/aromatic N) is 4. The largest absolute Gasteiger partial charge is 0.369 e. The van der Waals surface area contributed by atoms with Crippen LogP contribution in [0.1, 0.15) is 43.2 Å². The molecular formula is C25H34N6O. The number of nitrogens with one attached hydrogen (secondary N) is 1. The first kappa shape index (κ1) is 22.1. The molecule has 2 fully saturated rings. The van der Waals surface area contributed by atoms with Gasteiger partial charge < -0.3 is 20.9 Å². The number of anilines is 1. The fourth-order valence-electron chi connectivity index (χ4n) is 4.75. The normalized spacial score (nSPS) is 19.9. The zero-order chi connectivity index (χ0) is 22.3. The second-order valence-corrected chi connectivity index (χ2v) is 8.66. The quantitative estimate of drug-likeness (QED) is 0.539. The molecule has 3 heterocycles. The minimum atomic E-state index is -0.190. The Hall–Kier alpha value is -3.09. The van der Waals surface area contributed by atoms with E-state index in [1.165, 1.54) is 5.56 Å². The van der Waals surface area contributed by atoms with Crippen LogP contribution in [-0.4, -0.2) is 54.5 Å². The van der Waals surface area contributed by atoms with Gasteiger partial charge in [-0.2, -0.15) is 0 Å². The minimum Gasteiger partial charge on any atom is -0.369 e. The maximum absolute atomic E-state index is 11.5. The summed E-state index contributed by atoms with van der Waals surface area (Å²) >= 11 is 0. The predicted octanol–water partition coefficient (Wildman–Crippen LogP) is 2.74. The van der Waals surface area contributed by atoms with E-state index in [9.17, 15) is 4.79 Å². The summed E-state index contributed by atoms with van der Waals surface area (Å²) in [6.45, 7) is 7.11. The minimum absolute atomic E-state index is 0.0236. The zero-order valence-electron chi connectivity index (χ0n) is 18.9. The molecule has 3 N–H and O–H groups in total. The van der Waals surface area contributed by atoms with Crippen molar-refractivity contribution >= 4 is 17.7 Å². The summed E-state index contributed by atoms with van der Waals surface area (Å²) in [7, 11) is 0. The smallest absolute Gasteiger partial charge is 0.220 e. The fourth-order valence-corrected chi connectivity index (χ4v) is 4.75. The van der Waals surface area contributed by atoms with Gasteiger partial charge in [-0.1, -0.05) is 36.4 Å². The standard InChI is InChI=1S/C25H34N6O/c1-2-27-25(31-16-12-22(18-31)19-7-4-3-5-8-19)29-17-21-9-6-13-28-24(21)30-14-10-20(11-15-30)23(26)32/h3-9,13,20,22H,2,10-12,14-18H2,1H3,(H2,26,32)(H,27,29). The first-order valence-corrected chi connectivity index (χ1v) is 11.7. The van der Waals surface area contributed by atoms with E-state index >= 15 is 0 Å². The number of rotatable bonds is 6. The second kappa shape index (κ2) is 10.5. The Labute approximate surface area is 190 Å². The Balaban J connectivity index is 1.45. The Morgan fingerprint density at radius 2 is 1.91 bits per heavy atom. The number of carbonyl (C=O) groups excluding carboxylic acids is 1. The molecule has 170 valence electrons. The summed E-state index contributed by atoms with van der Waals surface area (Å²) in [4.78, 5) is 25.8. The molecule has 0 aliphatic carbocycles. The van der Waals surface area contributed by atoms with Crippen LogP contribution in [0.5, 0.6) is 0 Å². The van der Waals surface area contributed by atoms with Crippen molar-refractivity contribution < 1.29 is 4.79 Å². The lowest BCUT2D eigenvalue weighted by Crippen LogP contribution is -2.40. The molecule has 0 bridgehead atoms. The third-order valence-corrected chi connectivity index (χ3v) is 6.56. The van der Waals surface area contributed by atoms with Crippen molar-refractivity contribution in [1.82, 2.24) is 15.2 Å². The van der Waals surface area contributed by atoms with Crippen LogP contribution in [-0.2, 0) is 11.3 Å². The van der Waals surface area contributed by atoms with E-state index in [1.807, 2.05) is 12.3 Å². The summed E-state index contributed by atoms with van der Waals surface area (Å²) in [5.41, 5.74) is 8.01. The van der Waals surface area contributed by atoms with Crippen LogP contribution in [0.2, 0.25) is 0 Å². The van der Waals surface area contributed by atoms with Gasteiger partial charge in [0.1, 0.15) is 5.82 Å². The van der Waals surface area contributed by atoms with Crippen LogP contribution in [0, 0.1) is 5.92 Å². The van der Waals surface area contributed by atoms with Gasteiger partial charge in [-0.25, -0.2) is 9.98 Å². The van der Waals surface area contributed by atoms with Crippen LogP contribution in [0.4, 0.5) is 5.82 Å². The molecule has 0 saturated carbocycles. The van der Waals surface area contributed by atoms with Crippen LogP contribution < -0.4 is 16.0 Å². The number of piperidine rings is 1. The number of hydrogen-bond donors (Lipinski definition) is 2. The van der Waals surface area contributed by atoms with E-state index in [-0.39, 0.29) is 11.8 Å². The molecule has 32 heavy (non-hydrogen) atoms. The van der Waals surface area contributed by atoms with Gasteiger partial charge in [0.05, 0.1) is 6.54 Å². The third-order valence-electron chi connectivity index (χ3n) is 6.56. The van der Waals surface area contributed by atoms with Gasteiger partial charge in [0, 0.05) is 56.3 Å². The fraction of sp³-hybridized carbons (Fsp3) is 0.480. The van der Waals surface area contributed by atoms with E-state index in [0.29, 0.717) is 12.5 Å². The van der Waals surface area contributed by atoms with E-state index in [2.05, 4.69) is 63.4 Å². The Bertz CT molecular complexity index is 923. The highest BCUT2D eigenvalue weighted by atomic mass is 16.1. The molecule has 2 aliphatic rings. The van der Waals surface area contributed by atoms with Crippen molar-refractivity contribution in [3.63, 3.8) is 0 Å². The Kier molecular flexibility index (Phi) is 7.24. The second-order valence-electron chi connectivity index (χ2n) is 8.66. The predicted molar refractivity (Wildman–Crippen MR) is 129 cm³/mol. The molecule has 1 aromatic carbocycles. The topological polar surface area (TPSA) is 86.9 Å². The number of primary amides is 1. The highest BCUT2D eigenvalue weighted by Crippen LogP contribution is 2.28. The number of pyridine rings is 1. The third kappa shape index (κ3) is 5.21. The number of hydrogen-bond acceptors (Lipinski definition) is 4. The van der Waals surface area contributed by atoms with Gasteiger partial charge in [-0.15, -0.1) is 0 Å². The number of aliphatic imine (C=N–C) groups is 1. The lowest BCUT2D eigenvalue weighted by molar-refractivity contribution is -0.122. The summed E-state index contributed by atoms with van der Waals surface area (Å²) in [5.74, 6) is 2.27. The van der Waals surface area contributed by atoms with Gasteiger partial charge in [0.2, 0.25) is 5.91 Å². The lowest BCUT2D eigenvalue weighted by atomic mass is 9.96. The van der Waals surface area contributed by atoms with Crippen molar-refractivity contribution in [2.75, 3.05) is 37.6 Å². The Morgan fingerprint density at radius 3 is 2.62 bits per heavy atom. The van der Waals surface area contributed by atoms with Crippen molar-refractivity contribution in [2.24, 2.45) is 16.6 Å². The first-order valence-electron chi connectivity index (χ1n) is 11.7. The van der Waals surface area contributed by atoms with E-state index in [4.69, 9.17) is 10.7 Å². The number of benzene rings is 1. The van der Waals surface area contributed by atoms with Crippen molar-refractivity contribution in [2.45, 2.75) is 38.6 Å². The average Bonchev–Trinajstić information content (AvgIpc) is 3.33. The molecule has 1 amide bonds. The van der Waals surface area contributed by atoms with Crippen LogP contribution >= 0.6 is 0 Å². The molecule has 4 rings (SSSR count). The van der Waals surface area contributed by atoms with E-state index < -0.39 is 0 Å². The summed E-state index contributed by atoms with van der Waals surface area (Å²) in [6, 6.07) is 14.8. The average molecular weight is 435 g/mol. The van der Waals surface area contributed by atoms with Gasteiger partial charge in [0.15, 0.2) is 5.96 Å². The van der Waals surface area contributed by atoms with Gasteiger partial charge >= 0.3 is 0 Å². The summed E-state index contributed by atoms with van der Waals surface area (Å²) in [5, 5.41) is 3.47. The molecule has 1 unspecified atom stereocenters. The van der Waals surface area contributed by atoms with E-state index in [1.54, 1.807) is 0 Å². The van der Waals surface area contributed by atoms with Gasteiger partial charge in [-0.3, -0.25) is 4.79 Å². The number of likely N-dealkylation sites (tertiary alicyclic amines) is 1. The number of carbonyl (C=O) groups is 1. The number of guanidine groups is 1. The maximum atomic E-state index is 11.5. The molecule has 2 saturated heterocycles. The Morgan fingerprint density at radius 1 is 1.12 bits per heavy atom. The SMILES string of the molecule is CCNC(=NCc1cccnc1N1CCC(C(N)=O)CC1)N1CCC(c2ccccc2)C1. The zero-order valence-corrected chi connectivity index (χ0v) is 18.9. The van der Waals surface area contributed by atoms with Crippen molar-refractivity contribution in [3.05, 3.63) is 59.8 Å². The lowest BCUT2D eigenvalue weighted by Gasteiger charge is -2.32. The molecule has 1 aromatic heterocycles. The van der Waals surface area contributed by atoms with Crippen molar-refractivity contribution in [1.29, 1.82) is 0 Å². The molecule has 0 spiro atoms. The molecule has 7 nitrogen and oxygen atoms in total. The summed E-state index contributed by atoms with van der Waals surface area (Å²) < 4.78 is 0. The van der Waals surface area contributed by atoms with E-state index in [0.717, 1.165) is 69.3 Å². The molecule has 1 atom stereocenters. The van der Waals surface area contributed by atoms with Crippen LogP contribution in [0.3, 0.4) is 0 Å². The molecule has 7 heteroatoms. The molecule has 0 radical (unpaired) electrons. The highest BCUT2D eigenvalue weighted by molar-refractivity contribution is 5.80. The number of aromatic nitrogens is 1. The van der Waals surface area contributed by atoms with Crippen LogP contribution in [0.25, 0.3) is 0 Å². The van der Waals surface area contributed by atoms with Gasteiger partial charge in [-0.05, 0) is 37.8 Å². The maximum Gasteiger partial charge on any atom is 0.220 e. The first-order chi connectivity index (χ1) is 15.7. The number of nitrogens with two attached hydrogens (primary N) is 1. The molecule has 2 aromatic rings. The monoisotopic (exact) mass is 434 g/mol. The summed E-state index contributed by atoms with van der Waals surface area (Å²) in [6.07, 6.45) is 4.54. The highest BCUT2D eigenvalue weighted by Gasteiger charge is 2.27. The van der Waals surface area contributed by atoms with Gasteiger partial charge in [0.25, 0.3) is 0 Å². The van der Waals surface area contributed by atoms with Crippen molar-refractivity contribution in [3.8, 4) is 0 Å². The number of amides is 1.